The maximum Gasteiger partial charge on any atom is 0.259 e. The van der Waals surface area contributed by atoms with Crippen LogP contribution in [0.1, 0.15) is 15.9 Å². The number of hydrogen-bond donors (Lipinski definition) is 1. The zero-order valence-corrected chi connectivity index (χ0v) is 19.4. The lowest BCUT2D eigenvalue weighted by atomic mass is 10.0. The summed E-state index contributed by atoms with van der Waals surface area (Å²) in [5.41, 5.74) is 4.32. The van der Waals surface area contributed by atoms with E-state index in [1.54, 1.807) is 30.5 Å². The van der Waals surface area contributed by atoms with Crippen LogP contribution < -0.4 is 9.62 Å². The minimum Gasteiger partial charge on any atom is -0.362 e. The van der Waals surface area contributed by atoms with Crippen LogP contribution >= 0.6 is 0 Å². The first-order valence-corrected chi connectivity index (χ1v) is 12.5. The first kappa shape index (κ1) is 22.1. The molecule has 0 unspecified atom stereocenters. The highest BCUT2D eigenvalue weighted by molar-refractivity contribution is 7.92. The number of anilines is 2. The van der Waals surface area contributed by atoms with Crippen molar-refractivity contribution in [3.8, 4) is 11.3 Å². The Morgan fingerprint density at radius 2 is 1.82 bits per heavy atom. The van der Waals surface area contributed by atoms with Crippen LogP contribution in [0.5, 0.6) is 0 Å². The average Bonchev–Trinajstić information content (AvgIpc) is 2.85. The SMILES string of the molecule is Cc1ccc(-c2nccc3ccccc23)cc1NC(=O)c1ccc(N2CCOCS2(=O)=O)cc1. The number of carbonyl (C=O) groups is 1. The van der Waals surface area contributed by atoms with E-state index in [2.05, 4.69) is 10.3 Å². The molecule has 0 bridgehead atoms. The van der Waals surface area contributed by atoms with Gasteiger partial charge in [-0.2, -0.15) is 0 Å². The van der Waals surface area contributed by atoms with E-state index in [4.69, 9.17) is 4.74 Å². The Kier molecular flexibility index (Phi) is 5.77. The van der Waals surface area contributed by atoms with Crippen molar-refractivity contribution in [1.82, 2.24) is 4.98 Å². The van der Waals surface area contributed by atoms with Gasteiger partial charge in [0.2, 0.25) is 0 Å². The molecule has 0 aliphatic carbocycles. The summed E-state index contributed by atoms with van der Waals surface area (Å²) in [5, 5.41) is 5.12. The Bertz CT molecular complexity index is 1480. The number of aryl methyl sites for hydroxylation is 1. The molecule has 1 aromatic heterocycles. The molecule has 1 fully saturated rings. The van der Waals surface area contributed by atoms with E-state index in [1.807, 2.05) is 55.5 Å². The molecule has 4 aromatic rings. The molecule has 5 rings (SSSR count). The number of amides is 1. The molecule has 1 amide bonds. The zero-order chi connectivity index (χ0) is 23.7. The maximum atomic E-state index is 13.0. The Labute approximate surface area is 198 Å². The van der Waals surface area contributed by atoms with Gasteiger partial charge in [0, 0.05) is 28.4 Å². The van der Waals surface area contributed by atoms with E-state index in [1.165, 1.54) is 4.31 Å². The van der Waals surface area contributed by atoms with Crippen molar-refractivity contribution in [3.05, 3.63) is 90.1 Å². The zero-order valence-electron chi connectivity index (χ0n) is 18.6. The summed E-state index contributed by atoms with van der Waals surface area (Å²) in [4.78, 5) is 17.5. The summed E-state index contributed by atoms with van der Waals surface area (Å²) in [7, 11) is -3.51. The normalized spacial score (nSPS) is 15.3. The maximum absolute atomic E-state index is 13.0. The van der Waals surface area contributed by atoms with Gasteiger partial charge >= 0.3 is 0 Å². The number of pyridine rings is 1. The summed E-state index contributed by atoms with van der Waals surface area (Å²) in [6.45, 7) is 2.52. The predicted molar refractivity (Wildman–Crippen MR) is 133 cm³/mol. The quantitative estimate of drug-likeness (QED) is 0.469. The van der Waals surface area contributed by atoms with Crippen molar-refractivity contribution in [2.45, 2.75) is 6.92 Å². The average molecular weight is 474 g/mol. The van der Waals surface area contributed by atoms with Crippen molar-refractivity contribution in [2.24, 2.45) is 0 Å². The number of benzene rings is 3. The number of ether oxygens (including phenoxy) is 1. The molecular formula is C26H23N3O4S. The number of carbonyl (C=O) groups excluding carboxylic acids is 1. The molecule has 0 radical (unpaired) electrons. The fourth-order valence-electron chi connectivity index (χ4n) is 4.03. The van der Waals surface area contributed by atoms with Crippen LogP contribution in [0.15, 0.2) is 79.0 Å². The van der Waals surface area contributed by atoms with Gasteiger partial charge in [0.15, 0.2) is 5.94 Å². The molecule has 1 aliphatic heterocycles. The van der Waals surface area contributed by atoms with E-state index >= 15 is 0 Å². The number of aromatic nitrogens is 1. The highest BCUT2D eigenvalue weighted by atomic mass is 32.2. The number of nitrogens with one attached hydrogen (secondary N) is 1. The number of hydrogen-bond acceptors (Lipinski definition) is 5. The monoisotopic (exact) mass is 473 g/mol. The number of sulfonamides is 1. The Morgan fingerprint density at radius 1 is 1.03 bits per heavy atom. The molecule has 7 nitrogen and oxygen atoms in total. The first-order valence-electron chi connectivity index (χ1n) is 10.9. The van der Waals surface area contributed by atoms with Crippen LogP contribution in [0.4, 0.5) is 11.4 Å². The van der Waals surface area contributed by atoms with Crippen molar-refractivity contribution < 1.29 is 17.9 Å². The fourth-order valence-corrected chi connectivity index (χ4v) is 5.28. The Balaban J connectivity index is 1.40. The third-order valence-corrected chi connectivity index (χ3v) is 7.39. The topological polar surface area (TPSA) is 88.6 Å². The van der Waals surface area contributed by atoms with E-state index in [0.717, 1.165) is 27.6 Å². The van der Waals surface area contributed by atoms with E-state index in [9.17, 15) is 13.2 Å². The second kappa shape index (κ2) is 8.89. The highest BCUT2D eigenvalue weighted by Gasteiger charge is 2.26. The van der Waals surface area contributed by atoms with Crippen LogP contribution in [-0.2, 0) is 14.8 Å². The largest absolute Gasteiger partial charge is 0.362 e. The molecule has 0 spiro atoms. The van der Waals surface area contributed by atoms with Crippen LogP contribution in [0.2, 0.25) is 0 Å². The predicted octanol–water partition coefficient (Wildman–Crippen LogP) is 4.59. The molecular weight excluding hydrogens is 450 g/mol. The van der Waals surface area contributed by atoms with Gasteiger partial charge in [-0.1, -0.05) is 36.4 Å². The van der Waals surface area contributed by atoms with E-state index in [0.29, 0.717) is 23.5 Å². The molecule has 1 aliphatic rings. The van der Waals surface area contributed by atoms with Gasteiger partial charge in [0.1, 0.15) is 0 Å². The van der Waals surface area contributed by atoms with Crippen LogP contribution in [0, 0.1) is 6.92 Å². The Hall–Kier alpha value is -3.75. The molecule has 1 saturated heterocycles. The second-order valence-electron chi connectivity index (χ2n) is 8.12. The van der Waals surface area contributed by atoms with Gasteiger partial charge in [-0.05, 0) is 54.3 Å². The summed E-state index contributed by atoms with van der Waals surface area (Å²) >= 11 is 0. The van der Waals surface area contributed by atoms with Crippen molar-refractivity contribution in [3.63, 3.8) is 0 Å². The van der Waals surface area contributed by atoms with Crippen LogP contribution in [-0.4, -0.2) is 38.4 Å². The van der Waals surface area contributed by atoms with E-state index < -0.39 is 10.0 Å². The van der Waals surface area contributed by atoms with Gasteiger partial charge in [0.05, 0.1) is 24.5 Å². The molecule has 34 heavy (non-hydrogen) atoms. The fraction of sp³-hybridized carbons (Fsp3) is 0.154. The molecule has 8 heteroatoms. The Morgan fingerprint density at radius 3 is 2.62 bits per heavy atom. The molecule has 0 atom stereocenters. The summed E-state index contributed by atoms with van der Waals surface area (Å²) in [6.07, 6.45) is 1.78. The summed E-state index contributed by atoms with van der Waals surface area (Å²) in [6, 6.07) is 22.4. The van der Waals surface area contributed by atoms with Crippen molar-refractivity contribution in [1.29, 1.82) is 0 Å². The lowest BCUT2D eigenvalue weighted by Gasteiger charge is -2.28. The van der Waals surface area contributed by atoms with Gasteiger partial charge < -0.3 is 10.1 Å². The molecule has 2 heterocycles. The van der Waals surface area contributed by atoms with Crippen LogP contribution in [0.25, 0.3) is 22.0 Å². The first-order chi connectivity index (χ1) is 16.4. The second-order valence-corrected chi connectivity index (χ2v) is 9.96. The van der Waals surface area contributed by atoms with Gasteiger partial charge in [-0.3, -0.25) is 14.1 Å². The number of nitrogens with zero attached hydrogens (tertiary/aromatic N) is 2. The summed E-state index contributed by atoms with van der Waals surface area (Å²) < 4.78 is 30.8. The minimum absolute atomic E-state index is 0.252. The van der Waals surface area contributed by atoms with Gasteiger partial charge in [-0.25, -0.2) is 8.42 Å². The van der Waals surface area contributed by atoms with Crippen LogP contribution in [0.3, 0.4) is 0 Å². The van der Waals surface area contributed by atoms with Gasteiger partial charge in [0.25, 0.3) is 15.9 Å². The highest BCUT2D eigenvalue weighted by Crippen LogP contribution is 2.30. The third-order valence-electron chi connectivity index (χ3n) is 5.86. The van der Waals surface area contributed by atoms with Crippen molar-refractivity contribution in [2.75, 3.05) is 28.7 Å². The molecule has 0 saturated carbocycles. The number of fused-ring (bicyclic) bond motifs is 1. The number of rotatable bonds is 4. The lowest BCUT2D eigenvalue weighted by molar-refractivity contribution is 0.102. The van der Waals surface area contributed by atoms with E-state index in [-0.39, 0.29) is 18.4 Å². The minimum atomic E-state index is -3.51. The molecule has 3 aromatic carbocycles. The third kappa shape index (κ3) is 4.25. The smallest absolute Gasteiger partial charge is 0.259 e. The summed E-state index contributed by atoms with van der Waals surface area (Å²) in [5.74, 6) is -0.612. The lowest BCUT2D eigenvalue weighted by Crippen LogP contribution is -2.41. The van der Waals surface area contributed by atoms with Gasteiger partial charge in [-0.15, -0.1) is 0 Å². The van der Waals surface area contributed by atoms with Crippen molar-refractivity contribution >= 4 is 38.1 Å². The molecule has 1 N–H and O–H groups in total. The molecule has 172 valence electrons. The standard InChI is InChI=1S/C26H23N3O4S/c1-18-6-7-21(25-23-5-3-2-4-19(23)12-13-27-25)16-24(18)28-26(30)20-8-10-22(11-9-20)29-14-15-33-17-34(29,31)32/h2-13,16H,14-15,17H2,1H3,(H,28,30).